The molecule has 2 aliphatic carbocycles. The number of rotatable bonds is 2. The van der Waals surface area contributed by atoms with Gasteiger partial charge >= 0.3 is 11.9 Å². The SMILES string of the molecule is CCOC(=O)[C@@H]1CC=C2CCC[C@H]3OC(=O)[C@H]1[C@@H]23. The van der Waals surface area contributed by atoms with Crippen molar-refractivity contribution in [1.29, 1.82) is 0 Å². The minimum atomic E-state index is -0.339. The van der Waals surface area contributed by atoms with Gasteiger partial charge in [0.1, 0.15) is 6.10 Å². The van der Waals surface area contributed by atoms with Crippen LogP contribution in [0.25, 0.3) is 0 Å². The summed E-state index contributed by atoms with van der Waals surface area (Å²) in [6, 6.07) is 0. The second kappa shape index (κ2) is 4.41. The van der Waals surface area contributed by atoms with Crippen molar-refractivity contribution >= 4 is 11.9 Å². The minimum absolute atomic E-state index is 0.000253. The lowest BCUT2D eigenvalue weighted by atomic mass is 9.67. The molecule has 0 aromatic carbocycles. The van der Waals surface area contributed by atoms with Crippen LogP contribution < -0.4 is 0 Å². The molecule has 0 unspecified atom stereocenters. The molecule has 98 valence electrons. The van der Waals surface area contributed by atoms with Gasteiger partial charge in [-0.1, -0.05) is 11.6 Å². The van der Waals surface area contributed by atoms with Crippen molar-refractivity contribution in [2.45, 2.75) is 38.7 Å². The average molecular weight is 250 g/mol. The molecular formula is C14H18O4. The maximum Gasteiger partial charge on any atom is 0.310 e. The van der Waals surface area contributed by atoms with E-state index in [1.165, 1.54) is 5.57 Å². The van der Waals surface area contributed by atoms with Crippen molar-refractivity contribution in [1.82, 2.24) is 0 Å². The Kier molecular flexibility index (Phi) is 2.88. The number of allylic oxidation sites excluding steroid dienone is 1. The molecule has 1 heterocycles. The van der Waals surface area contributed by atoms with Crippen molar-refractivity contribution < 1.29 is 19.1 Å². The van der Waals surface area contributed by atoms with Crippen LogP contribution in [0.4, 0.5) is 0 Å². The van der Waals surface area contributed by atoms with E-state index in [0.717, 1.165) is 19.3 Å². The highest BCUT2D eigenvalue weighted by molar-refractivity contribution is 5.85. The maximum absolute atomic E-state index is 12.0. The molecule has 0 aromatic rings. The first-order valence-corrected chi connectivity index (χ1v) is 6.78. The molecule has 0 bridgehead atoms. The third kappa shape index (κ3) is 1.66. The Bertz CT molecular complexity index is 412. The lowest BCUT2D eigenvalue weighted by Gasteiger charge is -2.34. The normalized spacial score (nSPS) is 37.6. The molecule has 1 saturated heterocycles. The minimum Gasteiger partial charge on any atom is -0.466 e. The smallest absolute Gasteiger partial charge is 0.310 e. The number of hydrogen-bond acceptors (Lipinski definition) is 4. The van der Waals surface area contributed by atoms with Crippen LogP contribution in [0.5, 0.6) is 0 Å². The fourth-order valence-corrected chi connectivity index (χ4v) is 3.63. The van der Waals surface area contributed by atoms with Crippen LogP contribution in [0.15, 0.2) is 11.6 Å². The van der Waals surface area contributed by atoms with Crippen LogP contribution in [-0.2, 0) is 19.1 Å². The van der Waals surface area contributed by atoms with Crippen LogP contribution in [0, 0.1) is 17.8 Å². The summed E-state index contributed by atoms with van der Waals surface area (Å²) in [6.07, 6.45) is 5.81. The number of carbonyl (C=O) groups excluding carboxylic acids is 2. The average Bonchev–Trinajstić information content (AvgIpc) is 2.70. The predicted molar refractivity (Wildman–Crippen MR) is 63.5 cm³/mol. The van der Waals surface area contributed by atoms with Gasteiger partial charge in [0.05, 0.1) is 18.4 Å². The zero-order valence-electron chi connectivity index (χ0n) is 10.6. The van der Waals surface area contributed by atoms with Gasteiger partial charge in [-0.05, 0) is 32.6 Å². The lowest BCUT2D eigenvalue weighted by Crippen LogP contribution is -2.38. The summed E-state index contributed by atoms with van der Waals surface area (Å²) < 4.78 is 10.5. The molecule has 4 atom stereocenters. The Morgan fingerprint density at radius 1 is 1.50 bits per heavy atom. The Hall–Kier alpha value is -1.32. The molecule has 1 aliphatic heterocycles. The predicted octanol–water partition coefficient (Wildman–Crippen LogP) is 1.84. The zero-order valence-corrected chi connectivity index (χ0v) is 10.6. The first kappa shape index (κ1) is 11.8. The van der Waals surface area contributed by atoms with Gasteiger partial charge < -0.3 is 9.47 Å². The van der Waals surface area contributed by atoms with E-state index < -0.39 is 0 Å². The van der Waals surface area contributed by atoms with E-state index in [1.54, 1.807) is 6.92 Å². The van der Waals surface area contributed by atoms with E-state index >= 15 is 0 Å². The fourth-order valence-electron chi connectivity index (χ4n) is 3.63. The van der Waals surface area contributed by atoms with E-state index in [1.807, 2.05) is 0 Å². The highest BCUT2D eigenvalue weighted by Gasteiger charge is 2.54. The van der Waals surface area contributed by atoms with Gasteiger partial charge in [0.2, 0.25) is 0 Å². The molecule has 4 nitrogen and oxygen atoms in total. The van der Waals surface area contributed by atoms with E-state index in [4.69, 9.17) is 9.47 Å². The molecule has 0 spiro atoms. The molecule has 1 saturated carbocycles. The van der Waals surface area contributed by atoms with Gasteiger partial charge in [-0.15, -0.1) is 0 Å². The summed E-state index contributed by atoms with van der Waals surface area (Å²) in [6.45, 7) is 2.15. The van der Waals surface area contributed by atoms with E-state index in [9.17, 15) is 9.59 Å². The maximum atomic E-state index is 12.0. The summed E-state index contributed by atoms with van der Waals surface area (Å²) in [7, 11) is 0. The van der Waals surface area contributed by atoms with Crippen molar-refractivity contribution in [3.05, 3.63) is 11.6 Å². The van der Waals surface area contributed by atoms with Gasteiger partial charge in [-0.3, -0.25) is 9.59 Å². The standard InChI is InChI=1S/C14H18O4/c1-2-17-13(15)9-7-6-8-4-3-5-10-11(8)12(9)14(16)18-10/h6,9-12H,2-5,7H2,1H3/t9-,10-,11+,12-/m1/s1. The van der Waals surface area contributed by atoms with E-state index in [0.29, 0.717) is 13.0 Å². The van der Waals surface area contributed by atoms with Gasteiger partial charge in [-0.25, -0.2) is 0 Å². The summed E-state index contributed by atoms with van der Waals surface area (Å²) in [5.41, 5.74) is 1.32. The largest absolute Gasteiger partial charge is 0.466 e. The molecule has 0 amide bonds. The Labute approximate surface area is 106 Å². The summed E-state index contributed by atoms with van der Waals surface area (Å²) in [5.74, 6) is -0.949. The third-order valence-electron chi connectivity index (χ3n) is 4.37. The number of esters is 2. The second-order valence-corrected chi connectivity index (χ2v) is 5.29. The topological polar surface area (TPSA) is 52.6 Å². The zero-order chi connectivity index (χ0) is 12.7. The van der Waals surface area contributed by atoms with E-state index in [2.05, 4.69) is 6.08 Å². The molecule has 0 aromatic heterocycles. The molecule has 4 heteroatoms. The Balaban J connectivity index is 1.90. The molecule has 3 rings (SSSR count). The second-order valence-electron chi connectivity index (χ2n) is 5.29. The first-order valence-electron chi connectivity index (χ1n) is 6.78. The molecule has 3 aliphatic rings. The van der Waals surface area contributed by atoms with Crippen LogP contribution >= 0.6 is 0 Å². The van der Waals surface area contributed by atoms with Gasteiger partial charge in [0.25, 0.3) is 0 Å². The monoisotopic (exact) mass is 250 g/mol. The summed E-state index contributed by atoms with van der Waals surface area (Å²) >= 11 is 0. The van der Waals surface area contributed by atoms with Crippen molar-refractivity contribution in [3.63, 3.8) is 0 Å². The van der Waals surface area contributed by atoms with Gasteiger partial charge in [0.15, 0.2) is 0 Å². The van der Waals surface area contributed by atoms with E-state index in [-0.39, 0.29) is 35.8 Å². The van der Waals surface area contributed by atoms with Crippen molar-refractivity contribution in [2.24, 2.45) is 17.8 Å². The van der Waals surface area contributed by atoms with Gasteiger partial charge in [0, 0.05) is 5.92 Å². The van der Waals surface area contributed by atoms with Crippen molar-refractivity contribution in [3.8, 4) is 0 Å². The molecule has 0 N–H and O–H groups in total. The summed E-state index contributed by atoms with van der Waals surface area (Å²) in [4.78, 5) is 24.0. The van der Waals surface area contributed by atoms with Crippen LogP contribution in [0.2, 0.25) is 0 Å². The van der Waals surface area contributed by atoms with Crippen molar-refractivity contribution in [2.75, 3.05) is 6.61 Å². The molecule has 2 fully saturated rings. The van der Waals surface area contributed by atoms with Gasteiger partial charge in [-0.2, -0.15) is 0 Å². The third-order valence-corrected chi connectivity index (χ3v) is 4.37. The first-order chi connectivity index (χ1) is 8.72. The summed E-state index contributed by atoms with van der Waals surface area (Å²) in [5, 5.41) is 0. The van der Waals surface area contributed by atoms with Crippen LogP contribution in [-0.4, -0.2) is 24.6 Å². The fraction of sp³-hybridized carbons (Fsp3) is 0.714. The highest BCUT2D eigenvalue weighted by Crippen LogP contribution is 2.49. The quantitative estimate of drug-likeness (QED) is 0.554. The van der Waals surface area contributed by atoms with Crippen LogP contribution in [0.1, 0.15) is 32.6 Å². The molecule has 0 radical (unpaired) electrons. The lowest BCUT2D eigenvalue weighted by molar-refractivity contribution is -0.156. The number of carbonyl (C=O) groups is 2. The number of hydrogen-bond donors (Lipinski definition) is 0. The molecular weight excluding hydrogens is 232 g/mol. The van der Waals surface area contributed by atoms with Crippen LogP contribution in [0.3, 0.4) is 0 Å². The molecule has 18 heavy (non-hydrogen) atoms. The Morgan fingerprint density at radius 3 is 3.11 bits per heavy atom. The Morgan fingerprint density at radius 2 is 2.33 bits per heavy atom. The number of ether oxygens (including phenoxy) is 2. The highest BCUT2D eigenvalue weighted by atomic mass is 16.6.